The Morgan fingerprint density at radius 1 is 1.03 bits per heavy atom. The Labute approximate surface area is 180 Å². The molecule has 0 radical (unpaired) electrons. The zero-order chi connectivity index (χ0) is 22.1. The van der Waals surface area contributed by atoms with Crippen LogP contribution in [0.15, 0.2) is 54.6 Å². The Kier molecular flexibility index (Phi) is 8.46. The van der Waals surface area contributed by atoms with Gasteiger partial charge in [-0.25, -0.2) is 0 Å². The molecule has 0 aromatic heterocycles. The molecule has 1 atom stereocenters. The molecule has 5 nitrogen and oxygen atoms in total. The number of rotatable bonds is 9. The lowest BCUT2D eigenvalue weighted by atomic mass is 9.86. The summed E-state index contributed by atoms with van der Waals surface area (Å²) in [4.78, 5) is 27.1. The van der Waals surface area contributed by atoms with E-state index < -0.39 is 6.04 Å². The van der Waals surface area contributed by atoms with E-state index >= 15 is 0 Å². The number of likely N-dealkylation sites (N-methyl/N-ethyl adjacent to an activating group) is 1. The smallest absolute Gasteiger partial charge is 0.261 e. The van der Waals surface area contributed by atoms with Gasteiger partial charge < -0.3 is 15.0 Å². The Morgan fingerprint density at radius 3 is 2.30 bits per heavy atom. The quantitative estimate of drug-likeness (QED) is 0.681. The van der Waals surface area contributed by atoms with Crippen molar-refractivity contribution in [1.29, 1.82) is 0 Å². The van der Waals surface area contributed by atoms with Gasteiger partial charge in [-0.1, -0.05) is 69.3 Å². The molecule has 1 N–H and O–H groups in total. The standard InChI is InChI=1S/C25H34N2O3/c1-6-26-24(29)19(2)27(17-16-20-12-8-7-9-13-20)23(28)18-30-22-15-11-10-14-21(22)25(3,4)5/h7-15,19H,6,16-18H2,1-5H3,(H,26,29)/t19-/m1/s1. The molecule has 0 bridgehead atoms. The maximum absolute atomic E-state index is 13.1. The van der Waals surface area contributed by atoms with Crippen LogP contribution in [0.1, 0.15) is 45.7 Å². The number of carbonyl (C=O) groups is 2. The zero-order valence-electron chi connectivity index (χ0n) is 18.8. The molecule has 0 aliphatic carbocycles. The second-order valence-electron chi connectivity index (χ2n) is 8.43. The lowest BCUT2D eigenvalue weighted by Gasteiger charge is -2.29. The molecule has 0 aliphatic heterocycles. The maximum atomic E-state index is 13.1. The molecule has 2 aromatic rings. The first-order valence-corrected chi connectivity index (χ1v) is 10.6. The number of nitrogens with zero attached hydrogens (tertiary/aromatic N) is 1. The van der Waals surface area contributed by atoms with Crippen molar-refractivity contribution in [3.05, 3.63) is 65.7 Å². The molecule has 30 heavy (non-hydrogen) atoms. The highest BCUT2D eigenvalue weighted by Crippen LogP contribution is 2.30. The van der Waals surface area contributed by atoms with Crippen LogP contribution in [0.3, 0.4) is 0 Å². The molecule has 0 fully saturated rings. The Hall–Kier alpha value is -2.82. The summed E-state index contributed by atoms with van der Waals surface area (Å²) >= 11 is 0. The summed E-state index contributed by atoms with van der Waals surface area (Å²) in [5, 5.41) is 2.81. The van der Waals surface area contributed by atoms with E-state index in [1.807, 2.05) is 61.5 Å². The fourth-order valence-electron chi connectivity index (χ4n) is 3.33. The lowest BCUT2D eigenvalue weighted by Crippen LogP contribution is -2.50. The van der Waals surface area contributed by atoms with E-state index in [1.165, 1.54) is 0 Å². The van der Waals surface area contributed by atoms with Gasteiger partial charge in [0.05, 0.1) is 0 Å². The van der Waals surface area contributed by atoms with Gasteiger partial charge in [-0.15, -0.1) is 0 Å². The van der Waals surface area contributed by atoms with Crippen molar-refractivity contribution < 1.29 is 14.3 Å². The molecule has 2 amide bonds. The molecule has 0 saturated carbocycles. The van der Waals surface area contributed by atoms with Crippen molar-refractivity contribution in [2.45, 2.75) is 52.5 Å². The van der Waals surface area contributed by atoms with Crippen LogP contribution in [-0.2, 0) is 21.4 Å². The average Bonchev–Trinajstić information content (AvgIpc) is 2.72. The van der Waals surface area contributed by atoms with Crippen molar-refractivity contribution in [2.75, 3.05) is 19.7 Å². The SMILES string of the molecule is CCNC(=O)[C@@H](C)N(CCc1ccccc1)C(=O)COc1ccccc1C(C)(C)C. The van der Waals surface area contributed by atoms with E-state index in [0.29, 0.717) is 25.3 Å². The molecule has 162 valence electrons. The fraction of sp³-hybridized carbons (Fsp3) is 0.440. The number of para-hydroxylation sites is 1. The first kappa shape index (κ1) is 23.5. The van der Waals surface area contributed by atoms with Crippen LogP contribution in [0.5, 0.6) is 5.75 Å². The highest BCUT2D eigenvalue weighted by Gasteiger charge is 2.26. The third-order valence-electron chi connectivity index (χ3n) is 5.05. The highest BCUT2D eigenvalue weighted by molar-refractivity contribution is 5.87. The molecule has 0 aliphatic rings. The van der Waals surface area contributed by atoms with E-state index in [4.69, 9.17) is 4.74 Å². The van der Waals surface area contributed by atoms with Gasteiger partial charge in [0.1, 0.15) is 11.8 Å². The largest absolute Gasteiger partial charge is 0.483 e. The van der Waals surface area contributed by atoms with Gasteiger partial charge in [-0.05, 0) is 42.9 Å². The van der Waals surface area contributed by atoms with E-state index in [-0.39, 0.29) is 23.8 Å². The minimum Gasteiger partial charge on any atom is -0.483 e. The molecular formula is C25H34N2O3. The van der Waals surface area contributed by atoms with Crippen molar-refractivity contribution in [3.8, 4) is 5.75 Å². The van der Waals surface area contributed by atoms with Crippen LogP contribution in [0.4, 0.5) is 0 Å². The van der Waals surface area contributed by atoms with Crippen molar-refractivity contribution in [2.24, 2.45) is 0 Å². The number of ether oxygens (including phenoxy) is 1. The van der Waals surface area contributed by atoms with Gasteiger partial charge in [-0.3, -0.25) is 9.59 Å². The van der Waals surface area contributed by atoms with E-state index in [9.17, 15) is 9.59 Å². The topological polar surface area (TPSA) is 58.6 Å². The zero-order valence-corrected chi connectivity index (χ0v) is 18.8. The minimum atomic E-state index is -0.567. The fourth-order valence-corrected chi connectivity index (χ4v) is 3.33. The number of carbonyl (C=O) groups excluding carboxylic acids is 2. The first-order chi connectivity index (χ1) is 14.2. The number of nitrogens with one attached hydrogen (secondary N) is 1. The molecule has 2 rings (SSSR count). The van der Waals surface area contributed by atoms with Crippen LogP contribution >= 0.6 is 0 Å². The summed E-state index contributed by atoms with van der Waals surface area (Å²) in [7, 11) is 0. The summed E-state index contributed by atoms with van der Waals surface area (Å²) in [6.45, 7) is 10.8. The van der Waals surface area contributed by atoms with Crippen molar-refractivity contribution in [1.82, 2.24) is 10.2 Å². The summed E-state index contributed by atoms with van der Waals surface area (Å²) < 4.78 is 5.93. The number of hydrogen-bond donors (Lipinski definition) is 1. The third kappa shape index (κ3) is 6.61. The average molecular weight is 411 g/mol. The van der Waals surface area contributed by atoms with Gasteiger partial charge in [0.2, 0.25) is 5.91 Å². The lowest BCUT2D eigenvalue weighted by molar-refractivity contribution is -0.141. The summed E-state index contributed by atoms with van der Waals surface area (Å²) in [6.07, 6.45) is 0.675. The van der Waals surface area contributed by atoms with Crippen LogP contribution < -0.4 is 10.1 Å². The Balaban J connectivity index is 2.13. The van der Waals surface area contributed by atoms with E-state index in [1.54, 1.807) is 11.8 Å². The molecule has 0 unspecified atom stereocenters. The molecule has 0 saturated heterocycles. The second kappa shape index (κ2) is 10.8. The van der Waals surface area contributed by atoms with Crippen LogP contribution in [0.25, 0.3) is 0 Å². The second-order valence-corrected chi connectivity index (χ2v) is 8.43. The summed E-state index contributed by atoms with van der Waals surface area (Å²) in [5.41, 5.74) is 2.07. The van der Waals surface area contributed by atoms with Crippen LogP contribution in [-0.4, -0.2) is 42.5 Å². The van der Waals surface area contributed by atoms with E-state index in [2.05, 4.69) is 26.1 Å². The van der Waals surface area contributed by atoms with Gasteiger partial charge in [0, 0.05) is 13.1 Å². The summed E-state index contributed by atoms with van der Waals surface area (Å²) in [6, 6.07) is 17.2. The van der Waals surface area contributed by atoms with Crippen LogP contribution in [0.2, 0.25) is 0 Å². The number of hydrogen-bond acceptors (Lipinski definition) is 3. The Morgan fingerprint density at radius 2 is 1.67 bits per heavy atom. The normalized spacial score (nSPS) is 12.2. The number of amides is 2. The predicted octanol–water partition coefficient (Wildman–Crippen LogP) is 3.96. The van der Waals surface area contributed by atoms with Crippen LogP contribution in [0, 0.1) is 0 Å². The Bertz CT molecular complexity index is 828. The maximum Gasteiger partial charge on any atom is 0.261 e. The molecule has 5 heteroatoms. The van der Waals surface area contributed by atoms with E-state index in [0.717, 1.165) is 11.1 Å². The monoisotopic (exact) mass is 410 g/mol. The third-order valence-corrected chi connectivity index (χ3v) is 5.05. The summed E-state index contributed by atoms with van der Waals surface area (Å²) in [5.74, 6) is 0.342. The molecule has 0 heterocycles. The predicted molar refractivity (Wildman–Crippen MR) is 121 cm³/mol. The van der Waals surface area contributed by atoms with Crippen molar-refractivity contribution in [3.63, 3.8) is 0 Å². The van der Waals surface area contributed by atoms with Crippen molar-refractivity contribution >= 4 is 11.8 Å². The van der Waals surface area contributed by atoms with Gasteiger partial charge in [0.15, 0.2) is 6.61 Å². The van der Waals surface area contributed by atoms with Gasteiger partial charge in [0.25, 0.3) is 5.91 Å². The van der Waals surface area contributed by atoms with Gasteiger partial charge >= 0.3 is 0 Å². The molecule has 0 spiro atoms. The highest BCUT2D eigenvalue weighted by atomic mass is 16.5. The molecular weight excluding hydrogens is 376 g/mol. The number of benzene rings is 2. The first-order valence-electron chi connectivity index (χ1n) is 10.6. The molecule has 2 aromatic carbocycles. The van der Waals surface area contributed by atoms with Gasteiger partial charge in [-0.2, -0.15) is 0 Å². The minimum absolute atomic E-state index is 0.0963.